The van der Waals surface area contributed by atoms with E-state index in [1.54, 1.807) is 0 Å². The predicted octanol–water partition coefficient (Wildman–Crippen LogP) is 19.5. The summed E-state index contributed by atoms with van der Waals surface area (Å²) in [6.07, 6.45) is 74.4. The molecule has 0 bridgehead atoms. The second kappa shape index (κ2) is 57.2. The van der Waals surface area contributed by atoms with E-state index in [2.05, 4.69) is 99.8 Å². The molecule has 0 amide bonds. The van der Waals surface area contributed by atoms with Crippen LogP contribution in [0.4, 0.5) is 0 Å². The number of carbonyl (C=O) groups is 3. The first-order valence-electron chi connectivity index (χ1n) is 29.1. The first-order chi connectivity index (χ1) is 34.0. The van der Waals surface area contributed by atoms with Crippen molar-refractivity contribution in [1.82, 2.24) is 0 Å². The average molecular weight is 962 g/mol. The van der Waals surface area contributed by atoms with Gasteiger partial charge in [0.25, 0.3) is 0 Å². The van der Waals surface area contributed by atoms with Gasteiger partial charge < -0.3 is 14.2 Å². The van der Waals surface area contributed by atoms with Gasteiger partial charge in [0.2, 0.25) is 0 Å². The number of unbranched alkanes of at least 4 members (excludes halogenated alkanes) is 28. The molecular formula is C63H108O6. The minimum Gasteiger partial charge on any atom is -0.462 e. The Balaban J connectivity index is 4.41. The average Bonchev–Trinajstić information content (AvgIpc) is 3.35. The topological polar surface area (TPSA) is 78.9 Å². The molecule has 0 radical (unpaired) electrons. The van der Waals surface area contributed by atoms with Gasteiger partial charge >= 0.3 is 17.9 Å². The highest BCUT2D eigenvalue weighted by atomic mass is 16.6. The monoisotopic (exact) mass is 961 g/mol. The second-order valence-electron chi connectivity index (χ2n) is 19.2. The molecule has 6 heteroatoms. The Kier molecular flexibility index (Phi) is 54.3. The van der Waals surface area contributed by atoms with Gasteiger partial charge in [-0.1, -0.05) is 247 Å². The molecule has 0 N–H and O–H groups in total. The van der Waals surface area contributed by atoms with Crippen molar-refractivity contribution in [2.45, 2.75) is 284 Å². The van der Waals surface area contributed by atoms with Crippen molar-refractivity contribution in [3.8, 4) is 0 Å². The SMILES string of the molecule is CC/C=C\C/C=C\C/C=C\CCCCCCCCCCCC(=O)OCC(COC(=O)CC/C=C\C/C=C\CCCCCCCC)OC(=O)CCCCCCCCCCCC/C=C\C=C/CCCCC. The van der Waals surface area contributed by atoms with Crippen LogP contribution in [0.5, 0.6) is 0 Å². The molecule has 6 nitrogen and oxygen atoms in total. The van der Waals surface area contributed by atoms with Crippen LogP contribution >= 0.6 is 0 Å². The number of rotatable bonds is 52. The van der Waals surface area contributed by atoms with Crippen LogP contribution in [-0.2, 0) is 28.6 Å². The molecule has 0 aromatic carbocycles. The molecule has 0 fully saturated rings. The minimum atomic E-state index is -0.804. The number of allylic oxidation sites excluding steroid dienone is 14. The quantitative estimate of drug-likeness (QED) is 0.0199. The normalized spacial score (nSPS) is 12.7. The molecule has 0 aliphatic rings. The van der Waals surface area contributed by atoms with Gasteiger partial charge in [-0.15, -0.1) is 0 Å². The maximum absolute atomic E-state index is 12.9. The van der Waals surface area contributed by atoms with E-state index in [4.69, 9.17) is 14.2 Å². The third-order valence-electron chi connectivity index (χ3n) is 12.4. The summed E-state index contributed by atoms with van der Waals surface area (Å²) in [5.41, 5.74) is 0. The smallest absolute Gasteiger partial charge is 0.306 e. The number of ether oxygens (including phenoxy) is 3. The van der Waals surface area contributed by atoms with Gasteiger partial charge in [0.15, 0.2) is 6.10 Å². The van der Waals surface area contributed by atoms with Gasteiger partial charge in [0.05, 0.1) is 0 Å². The van der Waals surface area contributed by atoms with Crippen molar-refractivity contribution in [2.24, 2.45) is 0 Å². The van der Waals surface area contributed by atoms with Crippen molar-refractivity contribution in [3.63, 3.8) is 0 Å². The van der Waals surface area contributed by atoms with Crippen molar-refractivity contribution in [2.75, 3.05) is 13.2 Å². The molecule has 0 spiro atoms. The van der Waals surface area contributed by atoms with Crippen molar-refractivity contribution in [1.29, 1.82) is 0 Å². The van der Waals surface area contributed by atoms with Crippen LogP contribution < -0.4 is 0 Å². The van der Waals surface area contributed by atoms with Crippen molar-refractivity contribution < 1.29 is 28.6 Å². The van der Waals surface area contributed by atoms with E-state index >= 15 is 0 Å². The van der Waals surface area contributed by atoms with Gasteiger partial charge in [0, 0.05) is 19.3 Å². The van der Waals surface area contributed by atoms with Crippen LogP contribution in [0, 0.1) is 0 Å². The van der Waals surface area contributed by atoms with Crippen LogP contribution in [0.25, 0.3) is 0 Å². The van der Waals surface area contributed by atoms with Gasteiger partial charge in [-0.25, -0.2) is 0 Å². The first-order valence-corrected chi connectivity index (χ1v) is 29.1. The van der Waals surface area contributed by atoms with E-state index < -0.39 is 6.10 Å². The zero-order valence-corrected chi connectivity index (χ0v) is 45.3. The Morgan fingerprint density at radius 2 is 0.638 bits per heavy atom. The Morgan fingerprint density at radius 3 is 1.09 bits per heavy atom. The fourth-order valence-electron chi connectivity index (χ4n) is 8.03. The standard InChI is InChI=1S/C63H108O6/c1-4-7-10-13-16-19-22-25-27-29-31-33-35-38-41-44-47-50-53-56-62(65)68-59-60(58-67-61(64)55-52-49-46-43-40-37-24-21-18-15-12-9-6-3)69-63(66)57-54-51-48-45-42-39-36-34-32-30-28-26-23-20-17-14-11-8-5-2/h7,10,16-17,19-20,23,25-27,37,40,46,49,60H,4-6,8-9,11-15,18,21-22,24,28-36,38-39,41-45,47-48,50-59H2,1-3H3/b10-7-,19-16-,20-17-,26-23-,27-25-,40-37-,49-46-. The van der Waals surface area contributed by atoms with E-state index in [0.29, 0.717) is 19.3 Å². The molecule has 0 aromatic rings. The number of hydrogen-bond acceptors (Lipinski definition) is 6. The van der Waals surface area contributed by atoms with Gasteiger partial charge in [-0.3, -0.25) is 14.4 Å². The maximum atomic E-state index is 12.9. The molecule has 0 saturated carbocycles. The van der Waals surface area contributed by atoms with E-state index in [1.165, 1.54) is 161 Å². The third-order valence-corrected chi connectivity index (χ3v) is 12.4. The van der Waals surface area contributed by atoms with Gasteiger partial charge in [-0.05, 0) is 96.3 Å². The summed E-state index contributed by atoms with van der Waals surface area (Å²) in [5.74, 6) is -0.970. The zero-order valence-electron chi connectivity index (χ0n) is 45.3. The lowest BCUT2D eigenvalue weighted by atomic mass is 10.1. The van der Waals surface area contributed by atoms with Crippen LogP contribution in [0.15, 0.2) is 85.1 Å². The number of esters is 3. The van der Waals surface area contributed by atoms with Crippen LogP contribution in [0.1, 0.15) is 278 Å². The van der Waals surface area contributed by atoms with E-state index in [1.807, 2.05) is 6.08 Å². The Bertz CT molecular complexity index is 1330. The Morgan fingerprint density at radius 1 is 0.319 bits per heavy atom. The van der Waals surface area contributed by atoms with Gasteiger partial charge in [0.1, 0.15) is 13.2 Å². The fraction of sp³-hybridized carbons (Fsp3) is 0.730. The highest BCUT2D eigenvalue weighted by Crippen LogP contribution is 2.15. The lowest BCUT2D eigenvalue weighted by Crippen LogP contribution is -2.30. The summed E-state index contributed by atoms with van der Waals surface area (Å²) >= 11 is 0. The first kappa shape index (κ1) is 65.6. The molecule has 1 atom stereocenters. The number of hydrogen-bond donors (Lipinski definition) is 0. The predicted molar refractivity (Wildman–Crippen MR) is 297 cm³/mol. The molecule has 0 aliphatic heterocycles. The Hall–Kier alpha value is -3.41. The number of carbonyl (C=O) groups excluding carboxylic acids is 3. The molecule has 69 heavy (non-hydrogen) atoms. The molecule has 0 aliphatic carbocycles. The summed E-state index contributed by atoms with van der Waals surface area (Å²) in [6.45, 7) is 6.45. The largest absolute Gasteiger partial charge is 0.462 e. The van der Waals surface area contributed by atoms with Gasteiger partial charge in [-0.2, -0.15) is 0 Å². The summed E-state index contributed by atoms with van der Waals surface area (Å²) in [5, 5.41) is 0. The Labute approximate surface area is 426 Å². The van der Waals surface area contributed by atoms with E-state index in [9.17, 15) is 14.4 Å². The molecule has 0 aromatic heterocycles. The molecule has 1 unspecified atom stereocenters. The van der Waals surface area contributed by atoms with Crippen molar-refractivity contribution in [3.05, 3.63) is 85.1 Å². The molecule has 0 saturated heterocycles. The van der Waals surface area contributed by atoms with E-state index in [-0.39, 0.29) is 37.5 Å². The van der Waals surface area contributed by atoms with Crippen LogP contribution in [-0.4, -0.2) is 37.2 Å². The maximum Gasteiger partial charge on any atom is 0.306 e. The summed E-state index contributed by atoms with van der Waals surface area (Å²) in [7, 11) is 0. The second-order valence-corrected chi connectivity index (χ2v) is 19.2. The van der Waals surface area contributed by atoms with Crippen LogP contribution in [0.3, 0.4) is 0 Å². The zero-order chi connectivity index (χ0) is 50.0. The molecule has 0 rings (SSSR count). The van der Waals surface area contributed by atoms with Crippen molar-refractivity contribution >= 4 is 17.9 Å². The fourth-order valence-corrected chi connectivity index (χ4v) is 8.03. The molecule has 396 valence electrons. The molecule has 0 heterocycles. The summed E-state index contributed by atoms with van der Waals surface area (Å²) < 4.78 is 16.8. The summed E-state index contributed by atoms with van der Waals surface area (Å²) in [4.78, 5) is 38.1. The van der Waals surface area contributed by atoms with Crippen LogP contribution in [0.2, 0.25) is 0 Å². The minimum absolute atomic E-state index is 0.0974. The van der Waals surface area contributed by atoms with E-state index in [0.717, 1.165) is 70.6 Å². The third kappa shape index (κ3) is 55.4. The summed E-state index contributed by atoms with van der Waals surface area (Å²) in [6, 6.07) is 0. The molecular weight excluding hydrogens is 853 g/mol. The lowest BCUT2D eigenvalue weighted by Gasteiger charge is -2.18. The highest BCUT2D eigenvalue weighted by molar-refractivity contribution is 5.71. The highest BCUT2D eigenvalue weighted by Gasteiger charge is 2.19. The lowest BCUT2D eigenvalue weighted by molar-refractivity contribution is -0.166.